The lowest BCUT2D eigenvalue weighted by atomic mass is 10.0. The van der Waals surface area contributed by atoms with Crippen molar-refractivity contribution >= 4 is 17.7 Å². The Morgan fingerprint density at radius 3 is 2.78 bits per heavy atom. The lowest BCUT2D eigenvalue weighted by molar-refractivity contribution is 0.0475. The lowest BCUT2D eigenvalue weighted by Gasteiger charge is -2.18. The van der Waals surface area contributed by atoms with E-state index in [1.54, 1.807) is 18.2 Å². The van der Waals surface area contributed by atoms with Gasteiger partial charge in [0, 0.05) is 25.3 Å². The number of hydrogen-bond donors (Lipinski definition) is 1. The van der Waals surface area contributed by atoms with Crippen LogP contribution in [0.25, 0.3) is 0 Å². The molecule has 3 amide bonds. The molecule has 2 saturated heterocycles. The number of benzene rings is 1. The van der Waals surface area contributed by atoms with Gasteiger partial charge in [0.25, 0.3) is 17.7 Å². The Bertz CT molecular complexity index is 772. The number of nitrogens with one attached hydrogen (secondary N) is 1. The van der Waals surface area contributed by atoms with Crippen LogP contribution in [0.1, 0.15) is 50.3 Å². The summed E-state index contributed by atoms with van der Waals surface area (Å²) in [6.07, 6.45) is 2.71. The second-order valence-corrected chi connectivity index (χ2v) is 7.58. The van der Waals surface area contributed by atoms with E-state index in [0.717, 1.165) is 38.9 Å². The van der Waals surface area contributed by atoms with Gasteiger partial charge in [0.1, 0.15) is 0 Å². The summed E-state index contributed by atoms with van der Waals surface area (Å²) in [4.78, 5) is 41.2. The molecule has 0 aliphatic carbocycles. The van der Waals surface area contributed by atoms with Gasteiger partial charge in [0.05, 0.1) is 23.8 Å². The molecule has 2 atom stereocenters. The zero-order chi connectivity index (χ0) is 19.0. The van der Waals surface area contributed by atoms with Crippen LogP contribution >= 0.6 is 0 Å². The average Bonchev–Trinajstić information content (AvgIpc) is 3.40. The molecule has 7 nitrogen and oxygen atoms in total. The smallest absolute Gasteiger partial charge is 0.261 e. The van der Waals surface area contributed by atoms with Crippen LogP contribution in [0.5, 0.6) is 0 Å². The monoisotopic (exact) mass is 371 g/mol. The van der Waals surface area contributed by atoms with Crippen molar-refractivity contribution in [2.45, 2.75) is 25.4 Å². The van der Waals surface area contributed by atoms with Gasteiger partial charge in [-0.15, -0.1) is 0 Å². The molecule has 1 N–H and O–H groups in total. The Balaban J connectivity index is 1.50. The van der Waals surface area contributed by atoms with Crippen LogP contribution in [0.2, 0.25) is 0 Å². The average molecular weight is 371 g/mol. The highest BCUT2D eigenvalue weighted by Gasteiger charge is 2.38. The van der Waals surface area contributed by atoms with E-state index in [1.165, 1.54) is 4.90 Å². The number of ether oxygens (including phenoxy) is 1. The highest BCUT2D eigenvalue weighted by Crippen LogP contribution is 2.27. The minimum absolute atomic E-state index is 0.0748. The first-order valence-corrected chi connectivity index (χ1v) is 9.64. The predicted octanol–water partition coefficient (Wildman–Crippen LogP) is 1.14. The van der Waals surface area contributed by atoms with Gasteiger partial charge < -0.3 is 15.0 Å². The number of likely N-dealkylation sites (tertiary alicyclic amines) is 1. The van der Waals surface area contributed by atoms with Crippen LogP contribution in [0.4, 0.5) is 0 Å². The van der Waals surface area contributed by atoms with Crippen LogP contribution < -0.4 is 5.32 Å². The topological polar surface area (TPSA) is 79.0 Å². The molecular formula is C20H25N3O4. The van der Waals surface area contributed by atoms with Gasteiger partial charge in [-0.2, -0.15) is 0 Å². The van der Waals surface area contributed by atoms with Gasteiger partial charge in [-0.1, -0.05) is 0 Å². The number of rotatable bonds is 5. The summed E-state index contributed by atoms with van der Waals surface area (Å²) in [7, 11) is 1.91. The van der Waals surface area contributed by atoms with Crippen molar-refractivity contribution in [3.05, 3.63) is 34.9 Å². The number of hydrogen-bond acceptors (Lipinski definition) is 5. The fourth-order valence-corrected chi connectivity index (χ4v) is 4.24. The molecule has 3 aliphatic rings. The maximum absolute atomic E-state index is 12.8. The molecule has 7 heteroatoms. The quantitative estimate of drug-likeness (QED) is 0.786. The molecule has 4 rings (SSSR count). The van der Waals surface area contributed by atoms with Crippen LogP contribution in [-0.4, -0.2) is 73.5 Å². The van der Waals surface area contributed by atoms with E-state index < -0.39 is 0 Å². The Labute approximate surface area is 158 Å². The Morgan fingerprint density at radius 1 is 1.22 bits per heavy atom. The molecule has 1 aromatic rings. The summed E-state index contributed by atoms with van der Waals surface area (Å²) in [6.45, 7) is 3.29. The molecule has 3 heterocycles. The molecule has 0 radical (unpaired) electrons. The third-order valence-corrected chi connectivity index (χ3v) is 5.69. The van der Waals surface area contributed by atoms with E-state index >= 15 is 0 Å². The minimum Gasteiger partial charge on any atom is -0.376 e. The summed E-state index contributed by atoms with van der Waals surface area (Å²) in [5, 5.41) is 3.15. The molecule has 0 aromatic heterocycles. The summed E-state index contributed by atoms with van der Waals surface area (Å²) >= 11 is 0. The van der Waals surface area contributed by atoms with E-state index in [0.29, 0.717) is 29.2 Å². The van der Waals surface area contributed by atoms with E-state index in [2.05, 4.69) is 5.32 Å². The first kappa shape index (κ1) is 18.1. The van der Waals surface area contributed by atoms with Gasteiger partial charge in [0.15, 0.2) is 0 Å². The number of imide groups is 1. The molecule has 0 spiro atoms. The van der Waals surface area contributed by atoms with Crippen molar-refractivity contribution in [2.75, 3.05) is 39.8 Å². The summed E-state index contributed by atoms with van der Waals surface area (Å²) in [5.41, 5.74) is 1.18. The van der Waals surface area contributed by atoms with Crippen LogP contribution in [0.3, 0.4) is 0 Å². The highest BCUT2D eigenvalue weighted by atomic mass is 16.5. The van der Waals surface area contributed by atoms with Gasteiger partial charge in [-0.25, -0.2) is 0 Å². The van der Waals surface area contributed by atoms with Crippen LogP contribution in [0.15, 0.2) is 18.2 Å². The zero-order valence-electron chi connectivity index (χ0n) is 15.6. The van der Waals surface area contributed by atoms with Gasteiger partial charge in [0.2, 0.25) is 0 Å². The first-order chi connectivity index (χ1) is 13.1. The van der Waals surface area contributed by atoms with E-state index in [-0.39, 0.29) is 30.4 Å². The molecule has 1 aromatic carbocycles. The summed E-state index contributed by atoms with van der Waals surface area (Å²) < 4.78 is 5.56. The highest BCUT2D eigenvalue weighted by molar-refractivity contribution is 6.22. The van der Waals surface area contributed by atoms with Crippen molar-refractivity contribution < 1.29 is 19.1 Å². The van der Waals surface area contributed by atoms with E-state index in [4.69, 9.17) is 4.74 Å². The molecule has 0 bridgehead atoms. The van der Waals surface area contributed by atoms with Crippen LogP contribution in [-0.2, 0) is 4.74 Å². The number of fused-ring (bicyclic) bond motifs is 1. The Kier molecular flexibility index (Phi) is 4.97. The fourth-order valence-electron chi connectivity index (χ4n) is 4.24. The minimum atomic E-state index is -0.324. The van der Waals surface area contributed by atoms with Crippen molar-refractivity contribution in [2.24, 2.45) is 5.92 Å². The second kappa shape index (κ2) is 7.40. The van der Waals surface area contributed by atoms with E-state index in [1.807, 2.05) is 11.9 Å². The largest absolute Gasteiger partial charge is 0.376 e. The Morgan fingerprint density at radius 2 is 2.04 bits per heavy atom. The predicted molar refractivity (Wildman–Crippen MR) is 98.7 cm³/mol. The molecule has 144 valence electrons. The number of carbonyl (C=O) groups is 3. The third-order valence-electron chi connectivity index (χ3n) is 5.69. The summed E-state index contributed by atoms with van der Waals surface area (Å²) in [6, 6.07) is 4.85. The zero-order valence-corrected chi connectivity index (χ0v) is 15.6. The third kappa shape index (κ3) is 3.37. The Hall–Kier alpha value is -2.25. The van der Waals surface area contributed by atoms with Gasteiger partial charge >= 0.3 is 0 Å². The maximum atomic E-state index is 12.8. The number of carbonyl (C=O) groups excluding carboxylic acids is 3. The van der Waals surface area contributed by atoms with Gasteiger partial charge in [-0.3, -0.25) is 19.3 Å². The molecule has 2 unspecified atom stereocenters. The maximum Gasteiger partial charge on any atom is 0.261 e. The van der Waals surface area contributed by atoms with Crippen molar-refractivity contribution in [3.63, 3.8) is 0 Å². The van der Waals surface area contributed by atoms with Crippen LogP contribution in [0, 0.1) is 5.92 Å². The fraction of sp³-hybridized carbons (Fsp3) is 0.550. The summed E-state index contributed by atoms with van der Waals surface area (Å²) in [5.74, 6) is -0.234. The first-order valence-electron chi connectivity index (χ1n) is 9.64. The molecule has 2 fully saturated rings. The normalized spacial score (nSPS) is 24.8. The molecule has 3 aliphatic heterocycles. The number of amides is 3. The molecular weight excluding hydrogens is 346 g/mol. The standard InChI is InChI=1S/C20H25N3O4/c1-21-10-13-6-7-22(11-13)18(24)14-4-5-16-17(9-14)20(26)23(19(16)25)12-15-3-2-8-27-15/h4-5,9,13,15,21H,2-3,6-8,10-12H2,1H3. The number of nitrogens with zero attached hydrogens (tertiary/aromatic N) is 2. The van der Waals surface area contributed by atoms with Crippen molar-refractivity contribution in [1.82, 2.24) is 15.1 Å². The van der Waals surface area contributed by atoms with Gasteiger partial charge in [-0.05, 0) is 57.0 Å². The van der Waals surface area contributed by atoms with E-state index in [9.17, 15) is 14.4 Å². The SMILES string of the molecule is CNCC1CCN(C(=O)c2ccc3c(c2)C(=O)N(CC2CCCO2)C3=O)C1. The molecule has 27 heavy (non-hydrogen) atoms. The lowest BCUT2D eigenvalue weighted by Crippen LogP contribution is -2.36. The van der Waals surface area contributed by atoms with Crippen molar-refractivity contribution in [1.29, 1.82) is 0 Å². The second-order valence-electron chi connectivity index (χ2n) is 7.58. The molecule has 0 saturated carbocycles. The van der Waals surface area contributed by atoms with Crippen molar-refractivity contribution in [3.8, 4) is 0 Å².